The third-order valence-electron chi connectivity index (χ3n) is 3.49. The molecule has 1 aromatic carbocycles. The smallest absolute Gasteiger partial charge is 0.275 e. The van der Waals surface area contributed by atoms with Crippen LogP contribution in [-0.4, -0.2) is 21.2 Å². The highest BCUT2D eigenvalue weighted by Gasteiger charge is 2.34. The van der Waals surface area contributed by atoms with Crippen molar-refractivity contribution in [2.75, 3.05) is 0 Å². The highest BCUT2D eigenvalue weighted by atomic mass is 79.9. The van der Waals surface area contributed by atoms with Crippen LogP contribution in [0.2, 0.25) is 0 Å². The molecule has 1 aromatic rings. The van der Waals surface area contributed by atoms with Gasteiger partial charge in [-0.05, 0) is 39.8 Å². The molecule has 0 aliphatic rings. The van der Waals surface area contributed by atoms with Gasteiger partial charge in [0.15, 0.2) is 0 Å². The highest BCUT2D eigenvalue weighted by Crippen LogP contribution is 2.26. The first-order valence-electron chi connectivity index (χ1n) is 5.95. The fourth-order valence-corrected chi connectivity index (χ4v) is 1.74. The van der Waals surface area contributed by atoms with Crippen molar-refractivity contribution < 1.29 is 10.0 Å². The molecule has 2 N–H and O–H groups in total. The number of nitrogens with one attached hydrogen (secondary N) is 1. The number of aliphatic hydroxyl groups is 1. The van der Waals surface area contributed by atoms with E-state index in [0.29, 0.717) is 16.6 Å². The predicted octanol–water partition coefficient (Wildman–Crippen LogP) is 3.00. The lowest BCUT2D eigenvalue weighted by atomic mass is 9.86. The van der Waals surface area contributed by atoms with E-state index < -0.39 is 16.1 Å². The molecule has 0 saturated heterocycles. The summed E-state index contributed by atoms with van der Waals surface area (Å²) in [6, 6.07) is 4.95. The average molecular weight is 331 g/mol. The van der Waals surface area contributed by atoms with Crippen LogP contribution in [0.1, 0.15) is 33.3 Å². The van der Waals surface area contributed by atoms with Gasteiger partial charge >= 0.3 is 0 Å². The molecule has 1 rings (SSSR count). The van der Waals surface area contributed by atoms with E-state index in [1.54, 1.807) is 26.0 Å². The number of nitro benzene ring substituents is 1. The third-order valence-corrected chi connectivity index (χ3v) is 3.99. The molecule has 0 heterocycles. The topological polar surface area (TPSA) is 75.4 Å². The molecule has 0 bridgehead atoms. The van der Waals surface area contributed by atoms with E-state index in [0.717, 1.165) is 0 Å². The second kappa shape index (κ2) is 5.56. The van der Waals surface area contributed by atoms with Gasteiger partial charge in [0.05, 0.1) is 10.5 Å². The minimum absolute atomic E-state index is 0.0634. The molecule has 0 radical (unpaired) electrons. The molecule has 0 aliphatic heterocycles. The molecule has 0 unspecified atom stereocenters. The summed E-state index contributed by atoms with van der Waals surface area (Å²) in [5.74, 6) is 0. The maximum Gasteiger partial charge on any atom is 0.275 e. The van der Waals surface area contributed by atoms with Crippen LogP contribution in [0, 0.1) is 10.1 Å². The molecule has 0 aliphatic carbocycles. The minimum Gasteiger partial charge on any atom is -0.389 e. The van der Waals surface area contributed by atoms with Crippen molar-refractivity contribution >= 4 is 21.6 Å². The van der Waals surface area contributed by atoms with Crippen LogP contribution in [0.15, 0.2) is 22.7 Å². The highest BCUT2D eigenvalue weighted by molar-refractivity contribution is 9.10. The van der Waals surface area contributed by atoms with Gasteiger partial charge in [0.25, 0.3) is 5.69 Å². The van der Waals surface area contributed by atoms with Crippen LogP contribution in [0.5, 0.6) is 0 Å². The van der Waals surface area contributed by atoms with Crippen LogP contribution in [-0.2, 0) is 6.54 Å². The fraction of sp³-hybridized carbons (Fsp3) is 0.538. The van der Waals surface area contributed by atoms with Crippen molar-refractivity contribution in [2.45, 2.75) is 45.4 Å². The van der Waals surface area contributed by atoms with E-state index in [-0.39, 0.29) is 5.69 Å². The first-order chi connectivity index (χ1) is 8.54. The van der Waals surface area contributed by atoms with Gasteiger partial charge in [0.2, 0.25) is 0 Å². The standard InChI is InChI=1S/C13H19BrN2O3/c1-12(2,13(3,4)17)15-8-9-5-6-10(14)7-11(9)16(18)19/h5-7,15,17H,8H2,1-4H3. The summed E-state index contributed by atoms with van der Waals surface area (Å²) < 4.78 is 0.671. The number of nitro groups is 1. The van der Waals surface area contributed by atoms with E-state index in [4.69, 9.17) is 0 Å². The molecule has 0 aromatic heterocycles. The molecule has 0 amide bonds. The molecule has 0 saturated carbocycles. The lowest BCUT2D eigenvalue weighted by Crippen LogP contribution is -2.55. The van der Waals surface area contributed by atoms with Gasteiger partial charge in [0.1, 0.15) is 0 Å². The molecule has 0 atom stereocenters. The maximum absolute atomic E-state index is 11.0. The van der Waals surface area contributed by atoms with Crippen molar-refractivity contribution in [2.24, 2.45) is 0 Å². The van der Waals surface area contributed by atoms with Crippen LogP contribution in [0.4, 0.5) is 5.69 Å². The maximum atomic E-state index is 11.0. The van der Waals surface area contributed by atoms with Crippen LogP contribution in [0.3, 0.4) is 0 Å². The summed E-state index contributed by atoms with van der Waals surface area (Å²) in [6.45, 7) is 7.45. The van der Waals surface area contributed by atoms with E-state index >= 15 is 0 Å². The molecule has 19 heavy (non-hydrogen) atoms. The lowest BCUT2D eigenvalue weighted by molar-refractivity contribution is -0.385. The Hall–Kier alpha value is -0.980. The van der Waals surface area contributed by atoms with E-state index in [9.17, 15) is 15.2 Å². The first kappa shape index (κ1) is 16.1. The second-order valence-corrected chi connectivity index (χ2v) is 6.48. The summed E-state index contributed by atoms with van der Waals surface area (Å²) in [4.78, 5) is 10.6. The molecule has 6 heteroatoms. The Morgan fingerprint density at radius 1 is 1.37 bits per heavy atom. The zero-order valence-electron chi connectivity index (χ0n) is 11.5. The van der Waals surface area contributed by atoms with Crippen molar-refractivity contribution in [1.29, 1.82) is 0 Å². The monoisotopic (exact) mass is 330 g/mol. The second-order valence-electron chi connectivity index (χ2n) is 5.57. The van der Waals surface area contributed by atoms with Crippen LogP contribution in [0.25, 0.3) is 0 Å². The molecule has 106 valence electrons. The number of benzene rings is 1. The summed E-state index contributed by atoms with van der Waals surface area (Å²) in [6.07, 6.45) is 0. The Morgan fingerprint density at radius 2 is 1.95 bits per heavy atom. The number of hydrogen-bond donors (Lipinski definition) is 2. The summed E-state index contributed by atoms with van der Waals surface area (Å²) in [5, 5.41) is 24.2. The third kappa shape index (κ3) is 3.99. The Morgan fingerprint density at radius 3 is 2.42 bits per heavy atom. The van der Waals surface area contributed by atoms with E-state index in [1.165, 1.54) is 6.07 Å². The minimum atomic E-state index is -0.933. The Kier molecular flexibility index (Phi) is 4.71. The molecular formula is C13H19BrN2O3. The van der Waals surface area contributed by atoms with Gasteiger partial charge in [0, 0.05) is 28.2 Å². The van der Waals surface area contributed by atoms with E-state index in [1.807, 2.05) is 13.8 Å². The van der Waals surface area contributed by atoms with Crippen molar-refractivity contribution in [3.05, 3.63) is 38.3 Å². The first-order valence-corrected chi connectivity index (χ1v) is 6.74. The Bertz CT molecular complexity index is 481. The lowest BCUT2D eigenvalue weighted by Gasteiger charge is -2.38. The fourth-order valence-electron chi connectivity index (χ4n) is 1.39. The summed E-state index contributed by atoms with van der Waals surface area (Å²) >= 11 is 3.22. The van der Waals surface area contributed by atoms with Crippen LogP contribution >= 0.6 is 15.9 Å². The number of nitrogens with zero attached hydrogens (tertiary/aromatic N) is 1. The van der Waals surface area contributed by atoms with Gasteiger partial charge < -0.3 is 10.4 Å². The largest absolute Gasteiger partial charge is 0.389 e. The Labute approximate surface area is 121 Å². The van der Waals surface area contributed by atoms with Crippen LogP contribution < -0.4 is 5.32 Å². The predicted molar refractivity (Wildman–Crippen MR) is 78.0 cm³/mol. The normalized spacial score (nSPS) is 12.5. The molecular weight excluding hydrogens is 312 g/mol. The van der Waals surface area contributed by atoms with Crippen molar-refractivity contribution in [3.63, 3.8) is 0 Å². The average Bonchev–Trinajstić information content (AvgIpc) is 2.25. The van der Waals surface area contributed by atoms with Gasteiger partial charge in [-0.3, -0.25) is 10.1 Å². The van der Waals surface area contributed by atoms with Gasteiger partial charge in [-0.2, -0.15) is 0 Å². The zero-order valence-corrected chi connectivity index (χ0v) is 13.1. The molecule has 0 spiro atoms. The van der Waals surface area contributed by atoms with Gasteiger partial charge in [-0.15, -0.1) is 0 Å². The van der Waals surface area contributed by atoms with E-state index in [2.05, 4.69) is 21.2 Å². The van der Waals surface area contributed by atoms with Gasteiger partial charge in [-0.25, -0.2) is 0 Å². The Balaban J connectivity index is 2.93. The van der Waals surface area contributed by atoms with Crippen molar-refractivity contribution in [3.8, 4) is 0 Å². The number of halogens is 1. The van der Waals surface area contributed by atoms with Gasteiger partial charge in [-0.1, -0.05) is 15.9 Å². The molecule has 5 nitrogen and oxygen atoms in total. The summed E-state index contributed by atoms with van der Waals surface area (Å²) in [7, 11) is 0. The SMILES string of the molecule is CC(C)(O)C(C)(C)NCc1ccc(Br)cc1[N+](=O)[O-]. The quantitative estimate of drug-likeness (QED) is 0.642. The molecule has 0 fully saturated rings. The zero-order chi connectivity index (χ0) is 14.8. The number of rotatable bonds is 5. The number of hydrogen-bond acceptors (Lipinski definition) is 4. The van der Waals surface area contributed by atoms with Crippen molar-refractivity contribution in [1.82, 2.24) is 5.32 Å². The summed E-state index contributed by atoms with van der Waals surface area (Å²) in [5.41, 5.74) is -0.843.